The summed E-state index contributed by atoms with van der Waals surface area (Å²) in [7, 11) is 0. The summed E-state index contributed by atoms with van der Waals surface area (Å²) in [6.07, 6.45) is 2.07. The molecule has 0 spiro atoms. The summed E-state index contributed by atoms with van der Waals surface area (Å²) in [6.45, 7) is 8.93. The van der Waals surface area contributed by atoms with Gasteiger partial charge in [0.05, 0.1) is 5.69 Å². The van der Waals surface area contributed by atoms with Crippen LogP contribution >= 0.6 is 0 Å². The Labute approximate surface area is 192 Å². The zero-order chi connectivity index (χ0) is 22.5. The Morgan fingerprint density at radius 3 is 1.66 bits per heavy atom. The molecule has 0 amide bonds. The van der Waals surface area contributed by atoms with Crippen LogP contribution in [0.25, 0.3) is 22.3 Å². The quantitative estimate of drug-likeness (QED) is 0.277. The van der Waals surface area contributed by atoms with Crippen molar-refractivity contribution < 1.29 is 0 Å². The molecule has 0 aromatic heterocycles. The third kappa shape index (κ3) is 4.73. The van der Waals surface area contributed by atoms with Gasteiger partial charge in [-0.25, -0.2) is 0 Å². The van der Waals surface area contributed by atoms with Gasteiger partial charge in [-0.15, -0.1) is 0 Å². The van der Waals surface area contributed by atoms with Gasteiger partial charge in [-0.2, -0.15) is 0 Å². The smallest absolute Gasteiger partial charge is 0.0667 e. The predicted octanol–water partition coefficient (Wildman–Crippen LogP) is 9.02. The lowest BCUT2D eigenvalue weighted by Crippen LogP contribution is -1.95. The molecular formula is C31H31N. The van der Waals surface area contributed by atoms with Crippen molar-refractivity contribution >= 4 is 11.9 Å². The van der Waals surface area contributed by atoms with Crippen LogP contribution < -0.4 is 0 Å². The first-order chi connectivity index (χ1) is 15.5. The Morgan fingerprint density at radius 2 is 1.16 bits per heavy atom. The maximum absolute atomic E-state index is 5.09. The van der Waals surface area contributed by atoms with Crippen molar-refractivity contribution in [2.45, 2.75) is 39.5 Å². The van der Waals surface area contributed by atoms with Crippen LogP contribution in [-0.4, -0.2) is 6.21 Å². The lowest BCUT2D eigenvalue weighted by Gasteiger charge is -2.15. The van der Waals surface area contributed by atoms with E-state index in [1.165, 1.54) is 33.4 Å². The highest BCUT2D eigenvalue weighted by atomic mass is 14.7. The first-order valence-corrected chi connectivity index (χ1v) is 11.5. The number of benzene rings is 4. The summed E-state index contributed by atoms with van der Waals surface area (Å²) in [5, 5.41) is 0. The third-order valence-electron chi connectivity index (χ3n) is 5.95. The van der Waals surface area contributed by atoms with E-state index in [2.05, 4.69) is 131 Å². The largest absolute Gasteiger partial charge is 0.256 e. The molecule has 1 nitrogen and oxygen atoms in total. The SMILES string of the molecule is CC(C)c1ccc(C(C)C)c(N=Cc2c(-c3ccccc3)cccc2-c2ccccc2)c1. The van der Waals surface area contributed by atoms with Gasteiger partial charge < -0.3 is 0 Å². The number of nitrogens with zero attached hydrogens (tertiary/aromatic N) is 1. The summed E-state index contributed by atoms with van der Waals surface area (Å²) in [6, 6.07) is 34.4. The Kier molecular flexibility index (Phi) is 6.66. The molecule has 0 saturated carbocycles. The second-order valence-corrected chi connectivity index (χ2v) is 8.88. The van der Waals surface area contributed by atoms with Gasteiger partial charge in [-0.3, -0.25) is 4.99 Å². The van der Waals surface area contributed by atoms with Crippen molar-refractivity contribution in [3.63, 3.8) is 0 Å². The maximum Gasteiger partial charge on any atom is 0.0667 e. The average Bonchev–Trinajstić information content (AvgIpc) is 2.83. The van der Waals surface area contributed by atoms with Crippen LogP contribution in [-0.2, 0) is 0 Å². The minimum absolute atomic E-state index is 0.418. The topological polar surface area (TPSA) is 12.4 Å². The van der Waals surface area contributed by atoms with E-state index in [4.69, 9.17) is 4.99 Å². The minimum atomic E-state index is 0.418. The Morgan fingerprint density at radius 1 is 0.594 bits per heavy atom. The first-order valence-electron chi connectivity index (χ1n) is 11.5. The molecule has 0 unspecified atom stereocenters. The van der Waals surface area contributed by atoms with Gasteiger partial charge in [0.2, 0.25) is 0 Å². The van der Waals surface area contributed by atoms with Crippen LogP contribution in [0.1, 0.15) is 56.2 Å². The lowest BCUT2D eigenvalue weighted by molar-refractivity contribution is 0.845. The fourth-order valence-electron chi connectivity index (χ4n) is 4.10. The normalized spacial score (nSPS) is 11.6. The first kappa shape index (κ1) is 21.8. The van der Waals surface area contributed by atoms with E-state index in [1.807, 2.05) is 0 Å². The average molecular weight is 418 g/mol. The van der Waals surface area contributed by atoms with Crippen molar-refractivity contribution in [1.82, 2.24) is 0 Å². The predicted molar refractivity (Wildman–Crippen MR) is 139 cm³/mol. The molecule has 0 heterocycles. The van der Waals surface area contributed by atoms with Crippen LogP contribution in [0.4, 0.5) is 5.69 Å². The summed E-state index contributed by atoms with van der Waals surface area (Å²) in [5.41, 5.74) is 9.61. The third-order valence-corrected chi connectivity index (χ3v) is 5.95. The standard InChI is InChI=1S/C31H31N/c1-22(2)26-18-19-27(23(3)4)31(20-26)32-21-30-28(24-12-7-5-8-13-24)16-11-17-29(30)25-14-9-6-10-15-25/h5-23H,1-4H3. The van der Waals surface area contributed by atoms with E-state index >= 15 is 0 Å². The van der Waals surface area contributed by atoms with E-state index in [-0.39, 0.29) is 0 Å². The molecule has 0 fully saturated rings. The van der Waals surface area contributed by atoms with Gasteiger partial charge in [-0.05, 0) is 51.3 Å². The second-order valence-electron chi connectivity index (χ2n) is 8.88. The van der Waals surface area contributed by atoms with E-state index in [9.17, 15) is 0 Å². The van der Waals surface area contributed by atoms with Crippen molar-refractivity contribution in [2.24, 2.45) is 4.99 Å². The Balaban J connectivity index is 1.90. The highest BCUT2D eigenvalue weighted by Crippen LogP contribution is 2.34. The highest BCUT2D eigenvalue weighted by molar-refractivity contribution is 5.99. The molecule has 1 heteroatoms. The van der Waals surface area contributed by atoms with Gasteiger partial charge in [0.15, 0.2) is 0 Å². The second kappa shape index (κ2) is 9.78. The van der Waals surface area contributed by atoms with Gasteiger partial charge in [-0.1, -0.05) is 119 Å². The summed E-state index contributed by atoms with van der Waals surface area (Å²) in [4.78, 5) is 5.09. The number of rotatable bonds is 6. The van der Waals surface area contributed by atoms with Gasteiger partial charge >= 0.3 is 0 Å². The van der Waals surface area contributed by atoms with E-state index < -0.39 is 0 Å². The lowest BCUT2D eigenvalue weighted by atomic mass is 9.92. The molecule has 0 aliphatic heterocycles. The molecular weight excluding hydrogens is 386 g/mol. The molecule has 160 valence electrons. The Hall–Kier alpha value is -3.45. The van der Waals surface area contributed by atoms with Crippen LogP contribution in [0.2, 0.25) is 0 Å². The summed E-state index contributed by atoms with van der Waals surface area (Å²) < 4.78 is 0. The van der Waals surface area contributed by atoms with Gasteiger partial charge in [0.1, 0.15) is 0 Å². The molecule has 0 saturated heterocycles. The highest BCUT2D eigenvalue weighted by Gasteiger charge is 2.12. The van der Waals surface area contributed by atoms with Crippen molar-refractivity contribution in [3.8, 4) is 22.3 Å². The van der Waals surface area contributed by atoms with Gasteiger partial charge in [0, 0.05) is 11.8 Å². The summed E-state index contributed by atoms with van der Waals surface area (Å²) in [5.74, 6) is 0.892. The number of hydrogen-bond donors (Lipinski definition) is 0. The van der Waals surface area contributed by atoms with E-state index in [1.54, 1.807) is 0 Å². The fraction of sp³-hybridized carbons (Fsp3) is 0.194. The van der Waals surface area contributed by atoms with Gasteiger partial charge in [0.25, 0.3) is 0 Å². The monoisotopic (exact) mass is 417 g/mol. The molecule has 4 aromatic carbocycles. The fourth-order valence-corrected chi connectivity index (χ4v) is 4.10. The summed E-state index contributed by atoms with van der Waals surface area (Å²) >= 11 is 0. The minimum Gasteiger partial charge on any atom is -0.256 e. The molecule has 0 aliphatic carbocycles. The number of aliphatic imine (C=N–C) groups is 1. The molecule has 0 N–H and O–H groups in total. The van der Waals surface area contributed by atoms with Crippen LogP contribution in [0.15, 0.2) is 102 Å². The van der Waals surface area contributed by atoms with Crippen LogP contribution in [0.3, 0.4) is 0 Å². The van der Waals surface area contributed by atoms with E-state index in [0.717, 1.165) is 11.3 Å². The Bertz CT molecular complexity index is 1140. The maximum atomic E-state index is 5.09. The number of hydrogen-bond acceptors (Lipinski definition) is 1. The molecule has 0 bridgehead atoms. The molecule has 0 radical (unpaired) electrons. The van der Waals surface area contributed by atoms with Crippen molar-refractivity contribution in [1.29, 1.82) is 0 Å². The van der Waals surface area contributed by atoms with Crippen molar-refractivity contribution in [2.75, 3.05) is 0 Å². The molecule has 32 heavy (non-hydrogen) atoms. The molecule has 0 aliphatic rings. The zero-order valence-corrected chi connectivity index (χ0v) is 19.4. The molecule has 4 aromatic rings. The van der Waals surface area contributed by atoms with Crippen LogP contribution in [0.5, 0.6) is 0 Å². The van der Waals surface area contributed by atoms with Crippen LogP contribution in [0, 0.1) is 0 Å². The van der Waals surface area contributed by atoms with Crippen molar-refractivity contribution in [3.05, 3.63) is 114 Å². The molecule has 4 rings (SSSR count). The zero-order valence-electron chi connectivity index (χ0n) is 19.4. The molecule has 0 atom stereocenters. The van der Waals surface area contributed by atoms with E-state index in [0.29, 0.717) is 11.8 Å².